The van der Waals surface area contributed by atoms with Crippen LogP contribution in [0.5, 0.6) is 0 Å². The van der Waals surface area contributed by atoms with Crippen molar-refractivity contribution in [3.8, 4) is 0 Å². The molecule has 0 aliphatic heterocycles. The lowest BCUT2D eigenvalue weighted by molar-refractivity contribution is -0.122. The van der Waals surface area contributed by atoms with E-state index in [-0.39, 0.29) is 42.2 Å². The summed E-state index contributed by atoms with van der Waals surface area (Å²) in [4.78, 5) is 25.2. The van der Waals surface area contributed by atoms with Crippen LogP contribution in [0.4, 0.5) is 5.69 Å². The smallest absolute Gasteiger partial charge is 0.253 e. The molecule has 0 heterocycles. The molecule has 26 heavy (non-hydrogen) atoms. The van der Waals surface area contributed by atoms with Gasteiger partial charge in [0.05, 0.1) is 11.3 Å². The second kappa shape index (κ2) is 8.87. The zero-order valence-electron chi connectivity index (χ0n) is 15.5. The van der Waals surface area contributed by atoms with E-state index in [1.54, 1.807) is 12.1 Å². The van der Waals surface area contributed by atoms with E-state index in [9.17, 15) is 9.59 Å². The van der Waals surface area contributed by atoms with Crippen LogP contribution in [-0.4, -0.2) is 23.9 Å². The summed E-state index contributed by atoms with van der Waals surface area (Å²) < 4.78 is 0. The Balaban J connectivity index is 0.00000243. The highest BCUT2D eigenvalue weighted by Gasteiger charge is 2.40. The van der Waals surface area contributed by atoms with Crippen molar-refractivity contribution in [1.82, 2.24) is 5.32 Å². The quantitative estimate of drug-likeness (QED) is 0.750. The lowest BCUT2D eigenvalue weighted by atomic mass is 9.65. The number of carbonyl (C=O) groups excluding carboxylic acids is 2. The number of nitrogens with two attached hydrogens (primary N) is 1. The van der Waals surface area contributed by atoms with Gasteiger partial charge in [-0.3, -0.25) is 9.59 Å². The highest BCUT2D eigenvalue weighted by molar-refractivity contribution is 6.04. The molecular weight excluding hydrogens is 350 g/mol. The fraction of sp³-hybridized carbons (Fsp3) is 0.600. The molecule has 6 heteroatoms. The first-order valence-corrected chi connectivity index (χ1v) is 9.42. The first kappa shape index (κ1) is 20.7. The monoisotopic (exact) mass is 379 g/mol. The van der Waals surface area contributed by atoms with Crippen molar-refractivity contribution in [2.45, 2.75) is 58.0 Å². The predicted octanol–water partition coefficient (Wildman–Crippen LogP) is 3.34. The topological polar surface area (TPSA) is 84.2 Å². The van der Waals surface area contributed by atoms with Crippen molar-refractivity contribution in [3.63, 3.8) is 0 Å². The first-order valence-electron chi connectivity index (χ1n) is 9.42. The molecule has 1 aromatic rings. The van der Waals surface area contributed by atoms with Gasteiger partial charge in [-0.1, -0.05) is 18.6 Å². The number of halogens is 1. The van der Waals surface area contributed by atoms with Crippen LogP contribution in [0.1, 0.15) is 56.3 Å². The van der Waals surface area contributed by atoms with E-state index >= 15 is 0 Å². The normalized spacial score (nSPS) is 27.4. The first-order chi connectivity index (χ1) is 12.0. The second-order valence-electron chi connectivity index (χ2n) is 7.86. The van der Waals surface area contributed by atoms with Crippen LogP contribution in [0.2, 0.25) is 0 Å². The summed E-state index contributed by atoms with van der Waals surface area (Å²) in [5, 5.41) is 5.88. The van der Waals surface area contributed by atoms with Crippen LogP contribution in [-0.2, 0) is 4.79 Å². The molecule has 5 nitrogen and oxygen atoms in total. The third-order valence-corrected chi connectivity index (χ3v) is 5.63. The van der Waals surface area contributed by atoms with Gasteiger partial charge in [0.15, 0.2) is 0 Å². The minimum atomic E-state index is -0.159. The zero-order valence-corrected chi connectivity index (χ0v) is 16.4. The number of hydrogen-bond acceptors (Lipinski definition) is 3. The molecule has 0 aromatic heterocycles. The van der Waals surface area contributed by atoms with Crippen molar-refractivity contribution < 1.29 is 9.59 Å². The minimum Gasteiger partial charge on any atom is -0.350 e. The number of carbonyl (C=O) groups is 2. The molecule has 2 bridgehead atoms. The largest absolute Gasteiger partial charge is 0.350 e. The summed E-state index contributed by atoms with van der Waals surface area (Å²) >= 11 is 0. The number of benzene rings is 1. The Morgan fingerprint density at radius 3 is 2.35 bits per heavy atom. The average molecular weight is 380 g/mol. The van der Waals surface area contributed by atoms with Crippen molar-refractivity contribution in [2.75, 3.05) is 5.32 Å². The molecule has 2 aliphatic carbocycles. The van der Waals surface area contributed by atoms with E-state index in [0.29, 0.717) is 23.1 Å². The van der Waals surface area contributed by atoms with Crippen molar-refractivity contribution in [2.24, 2.45) is 23.5 Å². The maximum absolute atomic E-state index is 12.8. The molecule has 0 spiro atoms. The van der Waals surface area contributed by atoms with Crippen LogP contribution in [0.3, 0.4) is 0 Å². The van der Waals surface area contributed by atoms with Crippen LogP contribution < -0.4 is 16.4 Å². The van der Waals surface area contributed by atoms with Gasteiger partial charge in [-0.05, 0) is 63.5 Å². The fourth-order valence-corrected chi connectivity index (χ4v) is 4.37. The summed E-state index contributed by atoms with van der Waals surface area (Å²) in [6, 6.07) is 7.50. The Morgan fingerprint density at radius 1 is 1.12 bits per heavy atom. The van der Waals surface area contributed by atoms with Gasteiger partial charge in [-0.25, -0.2) is 0 Å². The van der Waals surface area contributed by atoms with E-state index in [2.05, 4.69) is 10.6 Å². The Labute approximate surface area is 161 Å². The number of hydrogen-bond donors (Lipinski definition) is 3. The van der Waals surface area contributed by atoms with E-state index in [1.807, 2.05) is 26.0 Å². The van der Waals surface area contributed by atoms with Gasteiger partial charge in [0.2, 0.25) is 5.91 Å². The van der Waals surface area contributed by atoms with Gasteiger partial charge >= 0.3 is 0 Å². The van der Waals surface area contributed by atoms with Gasteiger partial charge in [0, 0.05) is 18.0 Å². The molecule has 0 radical (unpaired) electrons. The third-order valence-electron chi connectivity index (χ3n) is 5.63. The van der Waals surface area contributed by atoms with Crippen LogP contribution in [0, 0.1) is 17.8 Å². The molecule has 0 saturated heterocycles. The summed E-state index contributed by atoms with van der Waals surface area (Å²) in [5.41, 5.74) is 7.42. The Morgan fingerprint density at radius 2 is 1.73 bits per heavy atom. The SMILES string of the molecule is CC(C)NC(=O)c1ccccc1NC(=O)C1CC2CCCC(C1)C2N.Cl. The molecule has 4 N–H and O–H groups in total. The van der Waals surface area contributed by atoms with Crippen molar-refractivity contribution in [1.29, 1.82) is 0 Å². The molecule has 3 rings (SSSR count). The van der Waals surface area contributed by atoms with Gasteiger partial charge < -0.3 is 16.4 Å². The molecule has 2 saturated carbocycles. The number of fused-ring (bicyclic) bond motifs is 2. The summed E-state index contributed by atoms with van der Waals surface area (Å²) in [6.07, 6.45) is 5.23. The van der Waals surface area contributed by atoms with E-state index in [4.69, 9.17) is 5.73 Å². The number of rotatable bonds is 4. The fourth-order valence-electron chi connectivity index (χ4n) is 4.37. The zero-order chi connectivity index (χ0) is 18.0. The maximum atomic E-state index is 12.8. The Hall–Kier alpha value is -1.59. The molecule has 2 aliphatic rings. The molecular formula is C20H30ClN3O2. The molecule has 2 fully saturated rings. The van der Waals surface area contributed by atoms with Gasteiger partial charge in [-0.15, -0.1) is 12.4 Å². The van der Waals surface area contributed by atoms with E-state index in [1.165, 1.54) is 6.42 Å². The van der Waals surface area contributed by atoms with Crippen LogP contribution >= 0.6 is 12.4 Å². The van der Waals surface area contributed by atoms with Gasteiger partial charge in [0.1, 0.15) is 0 Å². The molecule has 2 atom stereocenters. The molecule has 144 valence electrons. The standard InChI is InChI=1S/C20H29N3O2.ClH/c1-12(2)22-20(25)16-8-3-4-9-17(16)23-19(24)15-10-13-6-5-7-14(11-15)18(13)21;/h3-4,8-9,12-15,18H,5-7,10-11,21H2,1-2H3,(H,22,25)(H,23,24);1H. The minimum absolute atomic E-state index is 0. The van der Waals surface area contributed by atoms with Gasteiger partial charge in [0.25, 0.3) is 5.91 Å². The summed E-state index contributed by atoms with van der Waals surface area (Å²) in [6.45, 7) is 3.84. The lowest BCUT2D eigenvalue weighted by Crippen LogP contribution is -2.48. The molecule has 1 aromatic carbocycles. The average Bonchev–Trinajstić information content (AvgIpc) is 2.54. The highest BCUT2D eigenvalue weighted by atomic mass is 35.5. The second-order valence-corrected chi connectivity index (χ2v) is 7.86. The maximum Gasteiger partial charge on any atom is 0.253 e. The molecule has 2 unspecified atom stereocenters. The van der Waals surface area contributed by atoms with E-state index < -0.39 is 0 Å². The summed E-state index contributed by atoms with van der Waals surface area (Å²) in [7, 11) is 0. The van der Waals surface area contributed by atoms with Crippen molar-refractivity contribution in [3.05, 3.63) is 29.8 Å². The third kappa shape index (κ3) is 4.57. The van der Waals surface area contributed by atoms with Crippen molar-refractivity contribution >= 4 is 29.9 Å². The lowest BCUT2D eigenvalue weighted by Gasteiger charge is -2.43. The number of nitrogens with one attached hydrogen (secondary N) is 2. The summed E-state index contributed by atoms with van der Waals surface area (Å²) in [5.74, 6) is 0.781. The molecule has 2 amide bonds. The predicted molar refractivity (Wildman–Crippen MR) is 106 cm³/mol. The highest BCUT2D eigenvalue weighted by Crippen LogP contribution is 2.42. The number of amides is 2. The van der Waals surface area contributed by atoms with Gasteiger partial charge in [-0.2, -0.15) is 0 Å². The van der Waals surface area contributed by atoms with E-state index in [0.717, 1.165) is 25.7 Å². The Kier molecular flexibility index (Phi) is 7.07. The Bertz CT molecular complexity index is 636. The van der Waals surface area contributed by atoms with Crippen LogP contribution in [0.15, 0.2) is 24.3 Å². The number of para-hydroxylation sites is 1. The number of anilines is 1. The van der Waals surface area contributed by atoms with Crippen LogP contribution in [0.25, 0.3) is 0 Å².